The van der Waals surface area contributed by atoms with Crippen LogP contribution in [0.25, 0.3) is 11.1 Å². The van der Waals surface area contributed by atoms with Crippen molar-refractivity contribution in [3.05, 3.63) is 47.5 Å². The van der Waals surface area contributed by atoms with Gasteiger partial charge in [0.15, 0.2) is 11.5 Å². The van der Waals surface area contributed by atoms with E-state index in [2.05, 4.69) is 35.3 Å². The Bertz CT molecular complexity index is 769. The maximum atomic E-state index is 10.6. The number of phenolic OH excluding ortho intramolecular Hbond substituents is 1. The quantitative estimate of drug-likeness (QED) is 0.887. The first-order chi connectivity index (χ1) is 12.7. The molecular formula is C22H28N2O2. The third kappa shape index (κ3) is 3.71. The average molecular weight is 352 g/mol. The van der Waals surface area contributed by atoms with Crippen LogP contribution >= 0.6 is 0 Å². The zero-order valence-electron chi connectivity index (χ0n) is 15.5. The summed E-state index contributed by atoms with van der Waals surface area (Å²) >= 11 is 0. The van der Waals surface area contributed by atoms with E-state index in [9.17, 15) is 5.11 Å². The van der Waals surface area contributed by atoms with Gasteiger partial charge in [0.2, 0.25) is 0 Å². The maximum Gasteiger partial charge on any atom is 0.165 e. The van der Waals surface area contributed by atoms with Crippen molar-refractivity contribution < 1.29 is 9.84 Å². The molecule has 2 aliphatic heterocycles. The first kappa shape index (κ1) is 17.4. The lowest BCUT2D eigenvalue weighted by Crippen LogP contribution is -2.36. The Labute approximate surface area is 155 Å². The van der Waals surface area contributed by atoms with E-state index >= 15 is 0 Å². The number of aromatic hydroxyl groups is 1. The van der Waals surface area contributed by atoms with Gasteiger partial charge in [-0.15, -0.1) is 0 Å². The first-order valence-corrected chi connectivity index (χ1v) is 9.68. The molecule has 0 atom stereocenters. The van der Waals surface area contributed by atoms with Gasteiger partial charge in [-0.05, 0) is 67.6 Å². The smallest absolute Gasteiger partial charge is 0.165 e. The summed E-state index contributed by atoms with van der Waals surface area (Å²) in [6.45, 7) is 7.87. The van der Waals surface area contributed by atoms with Gasteiger partial charge >= 0.3 is 0 Å². The molecule has 4 heteroatoms. The normalized spacial score (nSPS) is 18.8. The van der Waals surface area contributed by atoms with Gasteiger partial charge in [0.05, 0.1) is 0 Å². The first-order valence-electron chi connectivity index (χ1n) is 9.68. The van der Waals surface area contributed by atoms with Crippen molar-refractivity contribution in [1.82, 2.24) is 10.2 Å². The number of phenols is 1. The van der Waals surface area contributed by atoms with Crippen LogP contribution in [-0.2, 0) is 6.54 Å². The molecule has 2 aliphatic rings. The molecule has 26 heavy (non-hydrogen) atoms. The Balaban J connectivity index is 1.60. The molecule has 0 bridgehead atoms. The van der Waals surface area contributed by atoms with Crippen LogP contribution in [0, 0.1) is 12.8 Å². The van der Waals surface area contributed by atoms with E-state index in [4.69, 9.17) is 4.74 Å². The van der Waals surface area contributed by atoms with E-state index in [-0.39, 0.29) is 5.75 Å². The number of benzene rings is 2. The van der Waals surface area contributed by atoms with Gasteiger partial charge in [-0.2, -0.15) is 0 Å². The Kier molecular flexibility index (Phi) is 5.14. The number of rotatable bonds is 3. The van der Waals surface area contributed by atoms with Crippen molar-refractivity contribution >= 4 is 0 Å². The highest BCUT2D eigenvalue weighted by Gasteiger charge is 2.23. The van der Waals surface area contributed by atoms with E-state index in [0.29, 0.717) is 12.4 Å². The van der Waals surface area contributed by atoms with Gasteiger partial charge in [-0.3, -0.25) is 4.90 Å². The van der Waals surface area contributed by atoms with Crippen LogP contribution in [0.3, 0.4) is 0 Å². The van der Waals surface area contributed by atoms with Crippen LogP contribution in [0.15, 0.2) is 36.4 Å². The highest BCUT2D eigenvalue weighted by atomic mass is 16.5. The summed E-state index contributed by atoms with van der Waals surface area (Å²) in [7, 11) is 0. The average Bonchev–Trinajstić information content (AvgIpc) is 2.85. The van der Waals surface area contributed by atoms with Crippen molar-refractivity contribution in [3.8, 4) is 22.6 Å². The van der Waals surface area contributed by atoms with E-state index in [1.165, 1.54) is 24.0 Å². The molecule has 0 radical (unpaired) electrons. The van der Waals surface area contributed by atoms with Crippen LogP contribution in [-0.4, -0.2) is 42.8 Å². The Morgan fingerprint density at radius 1 is 1.19 bits per heavy atom. The second-order valence-electron chi connectivity index (χ2n) is 7.58. The van der Waals surface area contributed by atoms with E-state index in [0.717, 1.165) is 49.8 Å². The van der Waals surface area contributed by atoms with Crippen molar-refractivity contribution in [1.29, 1.82) is 0 Å². The van der Waals surface area contributed by atoms with Gasteiger partial charge in [0.1, 0.15) is 6.61 Å². The number of ether oxygens (including phenoxy) is 1. The maximum absolute atomic E-state index is 10.6. The summed E-state index contributed by atoms with van der Waals surface area (Å²) in [4.78, 5) is 2.49. The molecule has 4 nitrogen and oxygen atoms in total. The molecule has 0 saturated carbocycles. The predicted octanol–water partition coefficient (Wildman–Crippen LogP) is 3.56. The fourth-order valence-electron chi connectivity index (χ4n) is 4.19. The van der Waals surface area contributed by atoms with Gasteiger partial charge in [0, 0.05) is 25.2 Å². The molecule has 2 N–H and O–H groups in total. The van der Waals surface area contributed by atoms with Crippen LogP contribution in [0.4, 0.5) is 0 Å². The van der Waals surface area contributed by atoms with E-state index in [1.807, 2.05) is 18.2 Å². The Morgan fingerprint density at radius 3 is 2.81 bits per heavy atom. The topological polar surface area (TPSA) is 44.7 Å². The zero-order valence-corrected chi connectivity index (χ0v) is 15.5. The lowest BCUT2D eigenvalue weighted by Gasteiger charge is -2.29. The molecular weight excluding hydrogens is 324 g/mol. The van der Waals surface area contributed by atoms with Crippen molar-refractivity contribution in [2.24, 2.45) is 5.92 Å². The molecule has 0 unspecified atom stereocenters. The third-order valence-corrected chi connectivity index (χ3v) is 5.63. The second kappa shape index (κ2) is 7.68. The van der Waals surface area contributed by atoms with Crippen LogP contribution in [0.5, 0.6) is 11.5 Å². The summed E-state index contributed by atoms with van der Waals surface area (Å²) in [6.07, 6.45) is 2.50. The molecule has 0 amide bonds. The fraction of sp³-hybridized carbons (Fsp3) is 0.455. The van der Waals surface area contributed by atoms with Crippen molar-refractivity contribution in [2.75, 3.05) is 32.8 Å². The molecule has 2 aromatic rings. The fourth-order valence-corrected chi connectivity index (χ4v) is 4.19. The summed E-state index contributed by atoms with van der Waals surface area (Å²) in [6, 6.07) is 12.3. The highest BCUT2D eigenvalue weighted by Crippen LogP contribution is 2.38. The number of hydrogen-bond acceptors (Lipinski definition) is 4. The highest BCUT2D eigenvalue weighted by molar-refractivity contribution is 5.71. The number of fused-ring (bicyclic) bond motifs is 1. The Hall–Kier alpha value is -2.04. The summed E-state index contributed by atoms with van der Waals surface area (Å²) in [5.74, 6) is 1.67. The van der Waals surface area contributed by atoms with Gasteiger partial charge in [0.25, 0.3) is 0 Å². The standard InChI is InChI=1S/C22H28N2O2/c1-16-4-2-3-5-20(16)18-12-19-15-24(14-17-6-8-23-9-7-17)10-11-26-22(19)21(25)13-18/h2-5,12-13,17,23,25H,6-11,14-15H2,1H3. The number of hydrogen-bond donors (Lipinski definition) is 2. The summed E-state index contributed by atoms with van der Waals surface area (Å²) in [5.41, 5.74) is 4.54. The van der Waals surface area contributed by atoms with Gasteiger partial charge < -0.3 is 15.2 Å². The molecule has 0 aliphatic carbocycles. The lowest BCUT2D eigenvalue weighted by molar-refractivity contribution is 0.180. The number of nitrogens with one attached hydrogen (secondary N) is 1. The molecule has 4 rings (SSSR count). The van der Waals surface area contributed by atoms with Gasteiger partial charge in [-0.25, -0.2) is 0 Å². The predicted molar refractivity (Wildman–Crippen MR) is 105 cm³/mol. The number of aryl methyl sites for hydroxylation is 1. The molecule has 138 valence electrons. The number of nitrogens with zero attached hydrogens (tertiary/aromatic N) is 1. The Morgan fingerprint density at radius 2 is 2.00 bits per heavy atom. The molecule has 2 aromatic carbocycles. The van der Waals surface area contributed by atoms with Crippen LogP contribution < -0.4 is 10.1 Å². The molecule has 0 spiro atoms. The molecule has 0 aromatic heterocycles. The summed E-state index contributed by atoms with van der Waals surface area (Å²) < 4.78 is 5.92. The van der Waals surface area contributed by atoms with Crippen molar-refractivity contribution in [3.63, 3.8) is 0 Å². The van der Waals surface area contributed by atoms with Gasteiger partial charge in [-0.1, -0.05) is 24.3 Å². The molecule has 2 heterocycles. The summed E-state index contributed by atoms with van der Waals surface area (Å²) in [5, 5.41) is 14.0. The zero-order chi connectivity index (χ0) is 17.9. The minimum Gasteiger partial charge on any atom is -0.504 e. The second-order valence-corrected chi connectivity index (χ2v) is 7.58. The lowest BCUT2D eigenvalue weighted by atomic mass is 9.96. The van der Waals surface area contributed by atoms with E-state index < -0.39 is 0 Å². The SMILES string of the molecule is Cc1ccccc1-c1cc(O)c2c(c1)CN(CC1CCNCC1)CCO2. The molecule has 1 saturated heterocycles. The van der Waals surface area contributed by atoms with Crippen LogP contribution in [0.2, 0.25) is 0 Å². The largest absolute Gasteiger partial charge is 0.504 e. The monoisotopic (exact) mass is 352 g/mol. The van der Waals surface area contributed by atoms with Crippen molar-refractivity contribution in [2.45, 2.75) is 26.3 Å². The van der Waals surface area contributed by atoms with Crippen LogP contribution in [0.1, 0.15) is 24.0 Å². The number of piperidine rings is 1. The molecule has 1 fully saturated rings. The minimum atomic E-state index is 0.254. The van der Waals surface area contributed by atoms with E-state index in [1.54, 1.807) is 0 Å². The minimum absolute atomic E-state index is 0.254. The third-order valence-electron chi connectivity index (χ3n) is 5.63.